The smallest absolute Gasteiger partial charge is 0.315 e. The molecule has 5 nitrogen and oxygen atoms in total. The number of hydrogen-bond donors (Lipinski definition) is 3. The van der Waals surface area contributed by atoms with Crippen LogP contribution in [-0.4, -0.2) is 53.4 Å². The van der Waals surface area contributed by atoms with Gasteiger partial charge in [0.05, 0.1) is 12.1 Å². The largest absolute Gasteiger partial charge is 0.394 e. The van der Waals surface area contributed by atoms with Crippen LogP contribution in [0.15, 0.2) is 0 Å². The summed E-state index contributed by atoms with van der Waals surface area (Å²) in [6.45, 7) is 4.06. The molecule has 5 heteroatoms. The molecule has 1 aliphatic heterocycles. The summed E-state index contributed by atoms with van der Waals surface area (Å²) >= 11 is 0. The van der Waals surface area contributed by atoms with Crippen molar-refractivity contribution in [3.63, 3.8) is 0 Å². The molecule has 3 aliphatic rings. The van der Waals surface area contributed by atoms with E-state index in [0.29, 0.717) is 5.92 Å². The standard InChI is InChI=1S/C16H29N3O2/c1-16(11-20,12-6-7-12)18-15(21)17-13-8-9-19(10-13)14-4-2-3-5-14/h12-14,20H,2-11H2,1H3,(H2,17,18,21). The van der Waals surface area contributed by atoms with Gasteiger partial charge in [-0.25, -0.2) is 4.79 Å². The van der Waals surface area contributed by atoms with Gasteiger partial charge in [0.2, 0.25) is 0 Å². The Morgan fingerprint density at radius 3 is 2.57 bits per heavy atom. The summed E-state index contributed by atoms with van der Waals surface area (Å²) in [5.41, 5.74) is -0.451. The summed E-state index contributed by atoms with van der Waals surface area (Å²) in [5.74, 6) is 0.437. The van der Waals surface area contributed by atoms with Crippen molar-refractivity contribution in [2.45, 2.75) is 69.5 Å². The van der Waals surface area contributed by atoms with E-state index in [1.807, 2.05) is 6.92 Å². The van der Waals surface area contributed by atoms with E-state index in [4.69, 9.17) is 0 Å². The Bertz CT molecular complexity index is 380. The lowest BCUT2D eigenvalue weighted by Crippen LogP contribution is -2.56. The van der Waals surface area contributed by atoms with Crippen molar-refractivity contribution in [1.29, 1.82) is 0 Å². The highest BCUT2D eigenvalue weighted by molar-refractivity contribution is 5.75. The Labute approximate surface area is 127 Å². The molecule has 2 aliphatic carbocycles. The van der Waals surface area contributed by atoms with E-state index < -0.39 is 5.54 Å². The van der Waals surface area contributed by atoms with Gasteiger partial charge in [-0.3, -0.25) is 4.90 Å². The molecular formula is C16H29N3O2. The van der Waals surface area contributed by atoms with Crippen LogP contribution >= 0.6 is 0 Å². The van der Waals surface area contributed by atoms with Crippen LogP contribution in [0.1, 0.15) is 51.9 Å². The second-order valence-corrected chi connectivity index (χ2v) is 7.37. The molecule has 2 saturated carbocycles. The van der Waals surface area contributed by atoms with Crippen molar-refractivity contribution in [1.82, 2.24) is 15.5 Å². The van der Waals surface area contributed by atoms with Gasteiger partial charge in [0, 0.05) is 25.2 Å². The van der Waals surface area contributed by atoms with E-state index in [1.54, 1.807) is 0 Å². The molecular weight excluding hydrogens is 266 g/mol. The van der Waals surface area contributed by atoms with Crippen LogP contribution in [0, 0.1) is 5.92 Å². The van der Waals surface area contributed by atoms with E-state index in [9.17, 15) is 9.90 Å². The molecule has 2 atom stereocenters. The minimum Gasteiger partial charge on any atom is -0.394 e. The lowest BCUT2D eigenvalue weighted by atomic mass is 9.97. The van der Waals surface area contributed by atoms with Gasteiger partial charge < -0.3 is 15.7 Å². The normalized spacial score (nSPS) is 30.3. The third-order valence-electron chi connectivity index (χ3n) is 5.60. The van der Waals surface area contributed by atoms with Gasteiger partial charge in [-0.1, -0.05) is 12.8 Å². The van der Waals surface area contributed by atoms with Crippen LogP contribution in [0.3, 0.4) is 0 Å². The molecule has 120 valence electrons. The molecule has 0 spiro atoms. The summed E-state index contributed by atoms with van der Waals surface area (Å²) in [6, 6.07) is 0.888. The second-order valence-electron chi connectivity index (χ2n) is 7.37. The van der Waals surface area contributed by atoms with Crippen LogP contribution in [0.25, 0.3) is 0 Å². The van der Waals surface area contributed by atoms with Gasteiger partial charge in [0.25, 0.3) is 0 Å². The maximum atomic E-state index is 12.2. The van der Waals surface area contributed by atoms with Crippen LogP contribution in [0.2, 0.25) is 0 Å². The zero-order chi connectivity index (χ0) is 14.9. The molecule has 3 fully saturated rings. The quantitative estimate of drug-likeness (QED) is 0.719. The molecule has 21 heavy (non-hydrogen) atoms. The summed E-state index contributed by atoms with van der Waals surface area (Å²) in [4.78, 5) is 14.7. The van der Waals surface area contributed by atoms with Crippen molar-refractivity contribution >= 4 is 6.03 Å². The van der Waals surface area contributed by atoms with Gasteiger partial charge in [-0.15, -0.1) is 0 Å². The number of carbonyl (C=O) groups excluding carboxylic acids is 1. The maximum Gasteiger partial charge on any atom is 0.315 e. The first-order chi connectivity index (χ1) is 10.1. The molecule has 0 aromatic carbocycles. The molecule has 0 radical (unpaired) electrons. The van der Waals surface area contributed by atoms with Gasteiger partial charge >= 0.3 is 6.03 Å². The lowest BCUT2D eigenvalue weighted by molar-refractivity contribution is 0.154. The summed E-state index contributed by atoms with van der Waals surface area (Å²) in [5, 5.41) is 15.6. The van der Waals surface area contributed by atoms with Crippen molar-refractivity contribution in [3.05, 3.63) is 0 Å². The Kier molecular flexibility index (Phi) is 4.41. The molecule has 0 bridgehead atoms. The Morgan fingerprint density at radius 2 is 1.95 bits per heavy atom. The summed E-state index contributed by atoms with van der Waals surface area (Å²) in [6.07, 6.45) is 8.62. The van der Waals surface area contributed by atoms with Crippen molar-refractivity contribution < 1.29 is 9.90 Å². The molecule has 2 amide bonds. The van der Waals surface area contributed by atoms with E-state index in [1.165, 1.54) is 25.7 Å². The first-order valence-electron chi connectivity index (χ1n) is 8.54. The molecule has 1 saturated heterocycles. The fraction of sp³-hybridized carbons (Fsp3) is 0.938. The van der Waals surface area contributed by atoms with Crippen LogP contribution < -0.4 is 10.6 Å². The summed E-state index contributed by atoms with van der Waals surface area (Å²) < 4.78 is 0. The fourth-order valence-corrected chi connectivity index (χ4v) is 3.98. The van der Waals surface area contributed by atoms with Crippen molar-refractivity contribution in [2.24, 2.45) is 5.92 Å². The van der Waals surface area contributed by atoms with Crippen molar-refractivity contribution in [3.8, 4) is 0 Å². The average molecular weight is 295 g/mol. The van der Waals surface area contributed by atoms with E-state index in [2.05, 4.69) is 15.5 Å². The van der Waals surface area contributed by atoms with E-state index in [0.717, 1.165) is 38.4 Å². The molecule has 3 N–H and O–H groups in total. The predicted molar refractivity (Wildman–Crippen MR) is 82.1 cm³/mol. The Morgan fingerprint density at radius 1 is 1.24 bits per heavy atom. The van der Waals surface area contributed by atoms with Gasteiger partial charge in [0.15, 0.2) is 0 Å². The minimum atomic E-state index is -0.451. The number of rotatable bonds is 5. The first-order valence-corrected chi connectivity index (χ1v) is 8.54. The molecule has 0 aromatic rings. The Hall–Kier alpha value is -0.810. The van der Waals surface area contributed by atoms with Crippen LogP contribution in [0.5, 0.6) is 0 Å². The minimum absolute atomic E-state index is 0.0178. The number of nitrogens with one attached hydrogen (secondary N) is 2. The number of amides is 2. The Balaban J connectivity index is 1.45. The number of nitrogens with zero attached hydrogens (tertiary/aromatic N) is 1. The monoisotopic (exact) mass is 295 g/mol. The van der Waals surface area contributed by atoms with Gasteiger partial charge in [-0.2, -0.15) is 0 Å². The molecule has 3 rings (SSSR count). The lowest BCUT2D eigenvalue weighted by Gasteiger charge is -2.29. The number of likely N-dealkylation sites (tertiary alicyclic amines) is 1. The zero-order valence-electron chi connectivity index (χ0n) is 13.1. The second kappa shape index (κ2) is 6.13. The highest BCUT2D eigenvalue weighted by Gasteiger charge is 2.42. The zero-order valence-corrected chi connectivity index (χ0v) is 13.1. The predicted octanol–water partition coefficient (Wildman–Crippen LogP) is 1.46. The first kappa shape index (κ1) is 15.1. The van der Waals surface area contributed by atoms with Crippen LogP contribution in [0.4, 0.5) is 4.79 Å². The highest BCUT2D eigenvalue weighted by Crippen LogP contribution is 2.39. The van der Waals surface area contributed by atoms with Crippen LogP contribution in [-0.2, 0) is 0 Å². The van der Waals surface area contributed by atoms with Crippen molar-refractivity contribution in [2.75, 3.05) is 19.7 Å². The average Bonchev–Trinajstić information content (AvgIpc) is 3.00. The summed E-state index contributed by atoms with van der Waals surface area (Å²) in [7, 11) is 0. The van der Waals surface area contributed by atoms with E-state index in [-0.39, 0.29) is 18.7 Å². The van der Waals surface area contributed by atoms with Gasteiger partial charge in [-0.05, 0) is 44.9 Å². The fourth-order valence-electron chi connectivity index (χ4n) is 3.98. The number of aliphatic hydroxyl groups is 1. The molecule has 2 unspecified atom stereocenters. The molecule has 0 aromatic heterocycles. The van der Waals surface area contributed by atoms with Gasteiger partial charge in [0.1, 0.15) is 0 Å². The topological polar surface area (TPSA) is 64.6 Å². The number of carbonyl (C=O) groups is 1. The third-order valence-corrected chi connectivity index (χ3v) is 5.60. The highest BCUT2D eigenvalue weighted by atomic mass is 16.3. The molecule has 1 heterocycles. The number of aliphatic hydroxyl groups excluding tert-OH is 1. The number of urea groups is 1. The SMILES string of the molecule is CC(CO)(NC(=O)NC1CCN(C2CCCC2)C1)C1CC1. The number of hydrogen-bond acceptors (Lipinski definition) is 3. The van der Waals surface area contributed by atoms with E-state index >= 15 is 0 Å². The third kappa shape index (κ3) is 3.51. The maximum absolute atomic E-state index is 12.2.